The van der Waals surface area contributed by atoms with Gasteiger partial charge in [0.1, 0.15) is 0 Å². The predicted octanol–water partition coefficient (Wildman–Crippen LogP) is 5.62. The minimum atomic E-state index is -0.100. The number of thioether (sulfide) groups is 1. The lowest BCUT2D eigenvalue weighted by Crippen LogP contribution is -2.19. The number of fused-ring (bicyclic) bond motifs is 1. The van der Waals surface area contributed by atoms with Gasteiger partial charge in [-0.2, -0.15) is 4.99 Å². The van der Waals surface area contributed by atoms with E-state index >= 15 is 0 Å². The zero-order valence-corrected chi connectivity index (χ0v) is 19.3. The molecule has 7 heteroatoms. The second-order valence-electron chi connectivity index (χ2n) is 6.70. The SMILES string of the molecule is CCOCCn1c(=NC(=O)CCSc2ccc(Cl)cc2)sc2cc(C)c(C)cc21. The molecule has 0 aliphatic rings. The summed E-state index contributed by atoms with van der Waals surface area (Å²) in [4.78, 5) is 18.8. The summed E-state index contributed by atoms with van der Waals surface area (Å²) < 4.78 is 8.79. The number of amides is 1. The van der Waals surface area contributed by atoms with Crippen LogP contribution in [0.3, 0.4) is 0 Å². The average Bonchev–Trinajstić information content (AvgIpc) is 3.00. The van der Waals surface area contributed by atoms with Crippen molar-refractivity contribution in [1.82, 2.24) is 4.57 Å². The third-order valence-corrected chi connectivity index (χ3v) is 6.89. The molecule has 1 heterocycles. The number of carbonyl (C=O) groups excluding carboxylic acids is 1. The van der Waals surface area contributed by atoms with Crippen molar-refractivity contribution in [2.45, 2.75) is 38.6 Å². The Morgan fingerprint density at radius 3 is 2.66 bits per heavy atom. The van der Waals surface area contributed by atoms with E-state index in [4.69, 9.17) is 16.3 Å². The molecule has 154 valence electrons. The van der Waals surface area contributed by atoms with E-state index in [1.54, 1.807) is 23.1 Å². The molecule has 3 aromatic rings. The number of carbonyl (C=O) groups is 1. The number of aromatic nitrogens is 1. The average molecular weight is 449 g/mol. The molecule has 1 amide bonds. The van der Waals surface area contributed by atoms with Crippen molar-refractivity contribution in [2.75, 3.05) is 19.0 Å². The van der Waals surface area contributed by atoms with Gasteiger partial charge in [-0.3, -0.25) is 4.79 Å². The maximum atomic E-state index is 12.5. The zero-order valence-electron chi connectivity index (χ0n) is 16.9. The highest BCUT2D eigenvalue weighted by atomic mass is 35.5. The summed E-state index contributed by atoms with van der Waals surface area (Å²) >= 11 is 9.11. The summed E-state index contributed by atoms with van der Waals surface area (Å²) in [5.41, 5.74) is 3.59. The van der Waals surface area contributed by atoms with Gasteiger partial charge in [0, 0.05) is 35.2 Å². The number of halogens is 1. The summed E-state index contributed by atoms with van der Waals surface area (Å²) in [6, 6.07) is 12.0. The van der Waals surface area contributed by atoms with E-state index in [9.17, 15) is 4.79 Å². The first-order chi connectivity index (χ1) is 14.0. The van der Waals surface area contributed by atoms with Crippen molar-refractivity contribution in [3.8, 4) is 0 Å². The third kappa shape index (κ3) is 5.95. The number of benzene rings is 2. The standard InChI is InChI=1S/C22H25ClN2O2S2/c1-4-27-11-10-25-19-13-15(2)16(3)14-20(19)29-22(25)24-21(26)9-12-28-18-7-5-17(23)6-8-18/h5-8,13-14H,4,9-12H2,1-3H3. The van der Waals surface area contributed by atoms with Crippen molar-refractivity contribution in [2.24, 2.45) is 4.99 Å². The Bertz CT molecular complexity index is 1060. The molecule has 0 N–H and O–H groups in total. The molecular weight excluding hydrogens is 424 g/mol. The number of aryl methyl sites for hydroxylation is 2. The molecule has 0 atom stereocenters. The first kappa shape index (κ1) is 22.1. The van der Waals surface area contributed by atoms with Gasteiger partial charge < -0.3 is 9.30 Å². The number of thiazole rings is 1. The minimum Gasteiger partial charge on any atom is -0.380 e. The van der Waals surface area contributed by atoms with Crippen LogP contribution in [0.15, 0.2) is 46.3 Å². The van der Waals surface area contributed by atoms with Crippen LogP contribution in [-0.2, 0) is 16.1 Å². The highest BCUT2D eigenvalue weighted by Gasteiger charge is 2.10. The minimum absolute atomic E-state index is 0.100. The van der Waals surface area contributed by atoms with Crippen molar-refractivity contribution >= 4 is 50.8 Å². The number of rotatable bonds is 8. The van der Waals surface area contributed by atoms with Gasteiger partial charge in [0.25, 0.3) is 0 Å². The van der Waals surface area contributed by atoms with Gasteiger partial charge in [-0.25, -0.2) is 0 Å². The monoisotopic (exact) mass is 448 g/mol. The Kier molecular flexibility index (Phi) is 7.95. The highest BCUT2D eigenvalue weighted by Crippen LogP contribution is 2.23. The lowest BCUT2D eigenvalue weighted by atomic mass is 10.1. The van der Waals surface area contributed by atoms with Crippen LogP contribution in [0.5, 0.6) is 0 Å². The van der Waals surface area contributed by atoms with Gasteiger partial charge in [0.2, 0.25) is 5.91 Å². The lowest BCUT2D eigenvalue weighted by Gasteiger charge is -2.07. The van der Waals surface area contributed by atoms with E-state index in [1.165, 1.54) is 11.1 Å². The number of ether oxygens (including phenoxy) is 1. The van der Waals surface area contributed by atoms with E-state index in [0.29, 0.717) is 37.0 Å². The Labute approximate surface area is 184 Å². The largest absolute Gasteiger partial charge is 0.380 e. The van der Waals surface area contributed by atoms with Crippen LogP contribution < -0.4 is 4.80 Å². The van der Waals surface area contributed by atoms with Crippen LogP contribution >= 0.6 is 34.7 Å². The van der Waals surface area contributed by atoms with E-state index in [2.05, 4.69) is 35.5 Å². The van der Waals surface area contributed by atoms with Crippen molar-refractivity contribution in [3.05, 3.63) is 57.3 Å². The fourth-order valence-corrected chi connectivity index (χ4v) is 4.99. The van der Waals surface area contributed by atoms with Crippen LogP contribution in [0.4, 0.5) is 0 Å². The van der Waals surface area contributed by atoms with Gasteiger partial charge in [-0.05, 0) is 68.3 Å². The Morgan fingerprint density at radius 2 is 1.93 bits per heavy atom. The van der Waals surface area contributed by atoms with E-state index in [-0.39, 0.29) is 5.91 Å². The topological polar surface area (TPSA) is 43.6 Å². The molecule has 29 heavy (non-hydrogen) atoms. The van der Waals surface area contributed by atoms with Crippen molar-refractivity contribution in [1.29, 1.82) is 0 Å². The fourth-order valence-electron chi connectivity index (χ4n) is 2.87. The van der Waals surface area contributed by atoms with Gasteiger partial charge in [-0.15, -0.1) is 11.8 Å². The van der Waals surface area contributed by atoms with E-state index in [0.717, 1.165) is 19.9 Å². The van der Waals surface area contributed by atoms with E-state index in [1.807, 2.05) is 31.2 Å². The summed E-state index contributed by atoms with van der Waals surface area (Å²) in [5.74, 6) is 0.586. The normalized spacial score (nSPS) is 12.1. The molecule has 0 bridgehead atoms. The Morgan fingerprint density at radius 1 is 1.21 bits per heavy atom. The van der Waals surface area contributed by atoms with Crippen LogP contribution in [-0.4, -0.2) is 29.4 Å². The fraction of sp³-hybridized carbons (Fsp3) is 0.364. The molecule has 0 aliphatic heterocycles. The first-order valence-electron chi connectivity index (χ1n) is 9.62. The zero-order chi connectivity index (χ0) is 20.8. The molecule has 0 fully saturated rings. The summed E-state index contributed by atoms with van der Waals surface area (Å²) in [5, 5.41) is 0.715. The van der Waals surface area contributed by atoms with Gasteiger partial charge in [-0.1, -0.05) is 22.9 Å². The predicted molar refractivity (Wildman–Crippen MR) is 123 cm³/mol. The van der Waals surface area contributed by atoms with E-state index < -0.39 is 0 Å². The third-order valence-electron chi connectivity index (χ3n) is 4.58. The molecule has 3 rings (SSSR count). The molecule has 2 aromatic carbocycles. The molecular formula is C22H25ClN2O2S2. The van der Waals surface area contributed by atoms with Crippen LogP contribution in [0.1, 0.15) is 24.5 Å². The molecule has 0 unspecified atom stereocenters. The molecule has 0 radical (unpaired) electrons. The van der Waals surface area contributed by atoms with Crippen molar-refractivity contribution < 1.29 is 9.53 Å². The smallest absolute Gasteiger partial charge is 0.249 e. The summed E-state index contributed by atoms with van der Waals surface area (Å²) in [6.45, 7) is 8.15. The van der Waals surface area contributed by atoms with Crippen molar-refractivity contribution in [3.63, 3.8) is 0 Å². The van der Waals surface area contributed by atoms with Gasteiger partial charge >= 0.3 is 0 Å². The Hall–Kier alpha value is -1.60. The second kappa shape index (κ2) is 10.4. The highest BCUT2D eigenvalue weighted by molar-refractivity contribution is 7.99. The maximum Gasteiger partial charge on any atom is 0.249 e. The summed E-state index contributed by atoms with van der Waals surface area (Å²) in [6.07, 6.45) is 0.394. The second-order valence-corrected chi connectivity index (χ2v) is 9.31. The molecule has 4 nitrogen and oxygen atoms in total. The molecule has 0 saturated heterocycles. The molecule has 0 saturated carbocycles. The van der Waals surface area contributed by atoms with Gasteiger partial charge in [0.05, 0.1) is 16.8 Å². The number of nitrogens with zero attached hydrogens (tertiary/aromatic N) is 2. The maximum absolute atomic E-state index is 12.5. The van der Waals surface area contributed by atoms with Gasteiger partial charge in [0.15, 0.2) is 4.80 Å². The quantitative estimate of drug-likeness (QED) is 0.332. The molecule has 1 aromatic heterocycles. The first-order valence-corrected chi connectivity index (χ1v) is 11.8. The number of hydrogen-bond acceptors (Lipinski definition) is 4. The summed E-state index contributed by atoms with van der Waals surface area (Å²) in [7, 11) is 0. The lowest BCUT2D eigenvalue weighted by molar-refractivity contribution is -0.117. The molecule has 0 spiro atoms. The van der Waals surface area contributed by atoms with Crippen LogP contribution in [0.25, 0.3) is 10.2 Å². The van der Waals surface area contributed by atoms with Crippen LogP contribution in [0.2, 0.25) is 5.02 Å². The van der Waals surface area contributed by atoms with Crippen LogP contribution in [0, 0.1) is 13.8 Å². The molecule has 0 aliphatic carbocycles. The Balaban J connectivity index is 1.78. The number of hydrogen-bond donors (Lipinski definition) is 0.